The van der Waals surface area contributed by atoms with Crippen LogP contribution in [-0.4, -0.2) is 30.5 Å². The Labute approximate surface area is 141 Å². The van der Waals surface area contributed by atoms with Crippen LogP contribution in [0.1, 0.15) is 32.3 Å². The van der Waals surface area contributed by atoms with Crippen molar-refractivity contribution in [1.82, 2.24) is 10.6 Å². The fourth-order valence-corrected chi connectivity index (χ4v) is 2.04. The zero-order chi connectivity index (χ0) is 17.9. The minimum absolute atomic E-state index is 0.0440. The van der Waals surface area contributed by atoms with Crippen LogP contribution >= 0.6 is 0 Å². The molecule has 0 saturated heterocycles. The van der Waals surface area contributed by atoms with Crippen LogP contribution in [0.4, 0.5) is 4.79 Å². The number of nitrogens with one attached hydrogen (secondary N) is 2. The quantitative estimate of drug-likeness (QED) is 0.632. The SMILES string of the molecule is CC(C)C[C@@H](NC(=O)CCNC(=O)OCc1ccccc1)C(N)=O. The first-order valence-corrected chi connectivity index (χ1v) is 7.91. The summed E-state index contributed by atoms with van der Waals surface area (Å²) in [5.74, 6) is -0.677. The van der Waals surface area contributed by atoms with Gasteiger partial charge in [-0.05, 0) is 17.9 Å². The summed E-state index contributed by atoms with van der Waals surface area (Å²) in [7, 11) is 0. The number of rotatable bonds is 9. The Balaban J connectivity index is 2.24. The second-order valence-corrected chi connectivity index (χ2v) is 5.89. The van der Waals surface area contributed by atoms with Crippen molar-refractivity contribution in [3.05, 3.63) is 35.9 Å². The van der Waals surface area contributed by atoms with Crippen LogP contribution in [0.25, 0.3) is 0 Å². The molecule has 3 amide bonds. The van der Waals surface area contributed by atoms with Crippen molar-refractivity contribution in [2.75, 3.05) is 6.54 Å². The molecule has 24 heavy (non-hydrogen) atoms. The van der Waals surface area contributed by atoms with E-state index < -0.39 is 18.0 Å². The largest absolute Gasteiger partial charge is 0.445 e. The molecule has 0 fully saturated rings. The molecule has 7 nitrogen and oxygen atoms in total. The number of carbonyl (C=O) groups excluding carboxylic acids is 3. The van der Waals surface area contributed by atoms with E-state index in [9.17, 15) is 14.4 Å². The van der Waals surface area contributed by atoms with E-state index in [1.807, 2.05) is 44.2 Å². The van der Waals surface area contributed by atoms with Gasteiger partial charge in [0.05, 0.1) is 0 Å². The highest BCUT2D eigenvalue weighted by Crippen LogP contribution is 2.04. The van der Waals surface area contributed by atoms with Gasteiger partial charge in [-0.25, -0.2) is 4.79 Å². The van der Waals surface area contributed by atoms with Gasteiger partial charge in [0.2, 0.25) is 11.8 Å². The van der Waals surface area contributed by atoms with Crippen molar-refractivity contribution >= 4 is 17.9 Å². The monoisotopic (exact) mass is 335 g/mol. The van der Waals surface area contributed by atoms with Crippen molar-refractivity contribution < 1.29 is 19.1 Å². The fraction of sp³-hybridized carbons (Fsp3) is 0.471. The molecule has 1 aromatic rings. The lowest BCUT2D eigenvalue weighted by molar-refractivity contribution is -0.127. The molecular weight excluding hydrogens is 310 g/mol. The molecule has 0 heterocycles. The summed E-state index contributed by atoms with van der Waals surface area (Å²) >= 11 is 0. The smallest absolute Gasteiger partial charge is 0.407 e. The molecule has 0 saturated carbocycles. The number of nitrogens with two attached hydrogens (primary N) is 1. The molecule has 0 radical (unpaired) electrons. The highest BCUT2D eigenvalue weighted by atomic mass is 16.5. The summed E-state index contributed by atoms with van der Waals surface area (Å²) in [6, 6.07) is 8.59. The summed E-state index contributed by atoms with van der Waals surface area (Å²) in [4.78, 5) is 34.6. The minimum atomic E-state index is -0.692. The lowest BCUT2D eigenvalue weighted by Gasteiger charge is -2.17. The van der Waals surface area contributed by atoms with E-state index in [1.165, 1.54) is 0 Å². The molecule has 0 aromatic heterocycles. The first kappa shape index (κ1) is 19.5. The van der Waals surface area contributed by atoms with E-state index >= 15 is 0 Å². The molecule has 0 aliphatic heterocycles. The number of hydrogen-bond acceptors (Lipinski definition) is 4. The zero-order valence-corrected chi connectivity index (χ0v) is 14.1. The van der Waals surface area contributed by atoms with E-state index in [1.54, 1.807) is 0 Å². The third kappa shape index (κ3) is 8.17. The van der Waals surface area contributed by atoms with Gasteiger partial charge in [-0.1, -0.05) is 44.2 Å². The van der Waals surface area contributed by atoms with Crippen molar-refractivity contribution in [3.63, 3.8) is 0 Å². The maximum absolute atomic E-state index is 11.8. The number of hydrogen-bond donors (Lipinski definition) is 3. The molecule has 1 atom stereocenters. The molecule has 1 aromatic carbocycles. The van der Waals surface area contributed by atoms with Gasteiger partial charge in [-0.3, -0.25) is 9.59 Å². The summed E-state index contributed by atoms with van der Waals surface area (Å²) in [6.45, 7) is 4.16. The normalized spacial score (nSPS) is 11.6. The number of amides is 3. The third-order valence-electron chi connectivity index (χ3n) is 3.22. The molecule has 1 rings (SSSR count). The van der Waals surface area contributed by atoms with E-state index in [0.717, 1.165) is 5.56 Å². The van der Waals surface area contributed by atoms with Crippen LogP contribution in [0, 0.1) is 5.92 Å². The summed E-state index contributed by atoms with van der Waals surface area (Å²) in [6.07, 6.45) is -0.0732. The minimum Gasteiger partial charge on any atom is -0.445 e. The van der Waals surface area contributed by atoms with Gasteiger partial charge in [0, 0.05) is 13.0 Å². The maximum atomic E-state index is 11.8. The average Bonchev–Trinajstić information content (AvgIpc) is 2.52. The van der Waals surface area contributed by atoms with Crippen LogP contribution in [0.3, 0.4) is 0 Å². The Morgan fingerprint density at radius 2 is 1.83 bits per heavy atom. The lowest BCUT2D eigenvalue weighted by atomic mass is 10.0. The zero-order valence-electron chi connectivity index (χ0n) is 14.1. The lowest BCUT2D eigenvalue weighted by Crippen LogP contribution is -2.45. The fourth-order valence-electron chi connectivity index (χ4n) is 2.04. The summed E-state index contributed by atoms with van der Waals surface area (Å²) in [5, 5.41) is 5.06. The Kier molecular flexibility index (Phi) is 8.32. The average molecular weight is 335 g/mol. The predicted molar refractivity (Wildman–Crippen MR) is 89.8 cm³/mol. The van der Waals surface area contributed by atoms with Gasteiger partial charge < -0.3 is 21.1 Å². The topological polar surface area (TPSA) is 111 Å². The van der Waals surface area contributed by atoms with E-state index in [2.05, 4.69) is 10.6 Å². The van der Waals surface area contributed by atoms with E-state index in [0.29, 0.717) is 6.42 Å². The number of benzene rings is 1. The standard InChI is InChI=1S/C17H25N3O4/c1-12(2)10-14(16(18)22)20-15(21)8-9-19-17(23)24-11-13-6-4-3-5-7-13/h3-7,12,14H,8-11H2,1-2H3,(H2,18,22)(H,19,23)(H,20,21)/t14-/m1/s1. The Bertz CT molecular complexity index is 546. The molecular formula is C17H25N3O4. The Morgan fingerprint density at radius 3 is 2.42 bits per heavy atom. The predicted octanol–water partition coefficient (Wildman–Crippen LogP) is 1.32. The Hall–Kier alpha value is -2.57. The molecule has 0 unspecified atom stereocenters. The van der Waals surface area contributed by atoms with Crippen molar-refractivity contribution in [1.29, 1.82) is 0 Å². The third-order valence-corrected chi connectivity index (χ3v) is 3.22. The van der Waals surface area contributed by atoms with Crippen molar-refractivity contribution in [2.45, 2.75) is 39.3 Å². The first-order chi connectivity index (χ1) is 11.4. The van der Waals surface area contributed by atoms with Crippen LogP contribution in [0.15, 0.2) is 30.3 Å². The second kappa shape index (κ2) is 10.3. The van der Waals surface area contributed by atoms with Gasteiger partial charge >= 0.3 is 6.09 Å². The number of alkyl carbamates (subject to hydrolysis) is 1. The van der Waals surface area contributed by atoms with Gasteiger partial charge in [0.15, 0.2) is 0 Å². The summed E-state index contributed by atoms with van der Waals surface area (Å²) < 4.78 is 5.03. The summed E-state index contributed by atoms with van der Waals surface area (Å²) in [5.41, 5.74) is 6.14. The molecule has 132 valence electrons. The van der Waals surface area contributed by atoms with Gasteiger partial charge in [-0.2, -0.15) is 0 Å². The Morgan fingerprint density at radius 1 is 1.17 bits per heavy atom. The molecule has 0 bridgehead atoms. The van der Waals surface area contributed by atoms with Crippen LogP contribution in [0.2, 0.25) is 0 Å². The van der Waals surface area contributed by atoms with Crippen LogP contribution in [0.5, 0.6) is 0 Å². The highest BCUT2D eigenvalue weighted by molar-refractivity contribution is 5.86. The first-order valence-electron chi connectivity index (χ1n) is 7.91. The number of primary amides is 1. The van der Waals surface area contributed by atoms with Crippen molar-refractivity contribution in [3.8, 4) is 0 Å². The van der Waals surface area contributed by atoms with Crippen LogP contribution in [-0.2, 0) is 20.9 Å². The van der Waals surface area contributed by atoms with Gasteiger partial charge in [0.25, 0.3) is 0 Å². The molecule has 0 aliphatic rings. The van der Waals surface area contributed by atoms with E-state index in [4.69, 9.17) is 10.5 Å². The maximum Gasteiger partial charge on any atom is 0.407 e. The van der Waals surface area contributed by atoms with Gasteiger partial charge in [-0.15, -0.1) is 0 Å². The molecule has 0 spiro atoms. The second-order valence-electron chi connectivity index (χ2n) is 5.89. The van der Waals surface area contributed by atoms with E-state index in [-0.39, 0.29) is 31.4 Å². The van der Waals surface area contributed by atoms with Gasteiger partial charge in [0.1, 0.15) is 12.6 Å². The highest BCUT2D eigenvalue weighted by Gasteiger charge is 2.19. The van der Waals surface area contributed by atoms with Crippen molar-refractivity contribution in [2.24, 2.45) is 11.7 Å². The van der Waals surface area contributed by atoms with Crippen LogP contribution < -0.4 is 16.4 Å². The number of ether oxygens (including phenoxy) is 1. The molecule has 0 aliphatic carbocycles. The molecule has 7 heteroatoms. The molecule has 4 N–H and O–H groups in total. The number of carbonyl (C=O) groups is 3.